The van der Waals surface area contributed by atoms with E-state index in [-0.39, 0.29) is 11.9 Å². The Bertz CT molecular complexity index is 635. The van der Waals surface area contributed by atoms with E-state index in [4.69, 9.17) is 0 Å². The van der Waals surface area contributed by atoms with Crippen molar-refractivity contribution in [3.8, 4) is 0 Å². The van der Waals surface area contributed by atoms with E-state index in [0.29, 0.717) is 6.42 Å². The smallest absolute Gasteiger partial charge is 0.223 e. The molecule has 22 heavy (non-hydrogen) atoms. The quantitative estimate of drug-likeness (QED) is 0.871. The Morgan fingerprint density at radius 1 is 1.45 bits per heavy atom. The zero-order valence-electron chi connectivity index (χ0n) is 13.2. The van der Waals surface area contributed by atoms with Crippen molar-refractivity contribution in [3.05, 3.63) is 34.0 Å². The van der Waals surface area contributed by atoms with E-state index in [1.807, 2.05) is 29.5 Å². The van der Waals surface area contributed by atoms with Crippen LogP contribution in [0.4, 0.5) is 0 Å². The molecule has 1 fully saturated rings. The first-order valence-corrected chi connectivity index (χ1v) is 8.71. The summed E-state index contributed by atoms with van der Waals surface area (Å²) in [6, 6.07) is 4.40. The SMILES string of the molecule is Cc1nc(C)n(C2CCCN(C(=O)CCc3cccs3)C2)n1. The maximum absolute atomic E-state index is 12.4. The summed E-state index contributed by atoms with van der Waals surface area (Å²) in [6.07, 6.45) is 3.55. The molecule has 118 valence electrons. The molecule has 0 bridgehead atoms. The van der Waals surface area contributed by atoms with Crippen LogP contribution >= 0.6 is 11.3 Å². The number of amides is 1. The maximum atomic E-state index is 12.4. The fourth-order valence-corrected chi connectivity index (χ4v) is 3.81. The number of carbonyl (C=O) groups excluding carboxylic acids is 1. The normalized spacial score (nSPS) is 18.6. The van der Waals surface area contributed by atoms with Gasteiger partial charge in [0.25, 0.3) is 0 Å². The molecule has 0 N–H and O–H groups in total. The highest BCUT2D eigenvalue weighted by Gasteiger charge is 2.26. The predicted molar refractivity (Wildman–Crippen MR) is 87.0 cm³/mol. The number of thiophene rings is 1. The second-order valence-corrected chi connectivity index (χ2v) is 6.90. The van der Waals surface area contributed by atoms with Crippen LogP contribution in [-0.4, -0.2) is 38.7 Å². The highest BCUT2D eigenvalue weighted by Crippen LogP contribution is 2.23. The molecule has 0 aliphatic carbocycles. The van der Waals surface area contributed by atoms with Gasteiger partial charge >= 0.3 is 0 Å². The van der Waals surface area contributed by atoms with Crippen molar-refractivity contribution < 1.29 is 4.79 Å². The molecule has 2 aromatic heterocycles. The summed E-state index contributed by atoms with van der Waals surface area (Å²) in [5.74, 6) is 2.00. The van der Waals surface area contributed by atoms with E-state index in [1.54, 1.807) is 11.3 Å². The van der Waals surface area contributed by atoms with Crippen LogP contribution < -0.4 is 0 Å². The van der Waals surface area contributed by atoms with Crippen LogP contribution in [-0.2, 0) is 11.2 Å². The molecule has 0 spiro atoms. The number of nitrogens with zero attached hydrogens (tertiary/aromatic N) is 4. The van der Waals surface area contributed by atoms with Gasteiger partial charge in [0.2, 0.25) is 5.91 Å². The summed E-state index contributed by atoms with van der Waals surface area (Å²) in [7, 11) is 0. The van der Waals surface area contributed by atoms with E-state index in [2.05, 4.69) is 21.5 Å². The molecule has 3 rings (SSSR count). The van der Waals surface area contributed by atoms with Crippen LogP contribution in [0.2, 0.25) is 0 Å². The van der Waals surface area contributed by atoms with Crippen LogP contribution in [0.1, 0.15) is 41.8 Å². The van der Waals surface area contributed by atoms with E-state index in [1.165, 1.54) is 4.88 Å². The van der Waals surface area contributed by atoms with E-state index in [0.717, 1.165) is 44.0 Å². The number of carbonyl (C=O) groups is 1. The minimum Gasteiger partial charge on any atom is -0.341 e. The third-order valence-corrected chi connectivity index (χ3v) is 5.10. The topological polar surface area (TPSA) is 51.0 Å². The van der Waals surface area contributed by atoms with Gasteiger partial charge in [0.1, 0.15) is 11.6 Å². The number of aromatic nitrogens is 3. The molecule has 1 saturated heterocycles. The summed E-state index contributed by atoms with van der Waals surface area (Å²) in [5.41, 5.74) is 0. The van der Waals surface area contributed by atoms with Crippen LogP contribution in [0, 0.1) is 13.8 Å². The van der Waals surface area contributed by atoms with Crippen LogP contribution in [0.3, 0.4) is 0 Å². The number of piperidine rings is 1. The van der Waals surface area contributed by atoms with Crippen molar-refractivity contribution in [1.29, 1.82) is 0 Å². The van der Waals surface area contributed by atoms with Gasteiger partial charge in [-0.2, -0.15) is 5.10 Å². The van der Waals surface area contributed by atoms with Gasteiger partial charge in [0, 0.05) is 24.4 Å². The molecule has 5 nitrogen and oxygen atoms in total. The second-order valence-electron chi connectivity index (χ2n) is 5.87. The monoisotopic (exact) mass is 318 g/mol. The summed E-state index contributed by atoms with van der Waals surface area (Å²) < 4.78 is 1.99. The summed E-state index contributed by atoms with van der Waals surface area (Å²) in [4.78, 5) is 20.1. The molecule has 1 atom stereocenters. The van der Waals surface area contributed by atoms with Crippen LogP contribution in [0.15, 0.2) is 17.5 Å². The molecule has 1 aliphatic heterocycles. The second kappa shape index (κ2) is 6.60. The maximum Gasteiger partial charge on any atom is 0.223 e. The lowest BCUT2D eigenvalue weighted by atomic mass is 10.0. The third kappa shape index (κ3) is 3.38. The van der Waals surface area contributed by atoms with Crippen molar-refractivity contribution in [3.63, 3.8) is 0 Å². The highest BCUT2D eigenvalue weighted by atomic mass is 32.1. The summed E-state index contributed by atoms with van der Waals surface area (Å²) in [6.45, 7) is 5.52. The fourth-order valence-electron chi connectivity index (χ4n) is 3.11. The molecular formula is C16H22N4OS. The number of rotatable bonds is 4. The Balaban J connectivity index is 1.60. The Morgan fingerprint density at radius 2 is 2.32 bits per heavy atom. The molecule has 0 radical (unpaired) electrons. The first kappa shape index (κ1) is 15.2. The minimum absolute atomic E-state index is 0.257. The van der Waals surface area contributed by atoms with Crippen molar-refractivity contribution in [2.75, 3.05) is 13.1 Å². The Kier molecular flexibility index (Phi) is 4.57. The zero-order valence-corrected chi connectivity index (χ0v) is 14.0. The van der Waals surface area contributed by atoms with Crippen molar-refractivity contribution >= 4 is 17.2 Å². The summed E-state index contributed by atoms with van der Waals surface area (Å²) >= 11 is 1.72. The molecule has 0 aromatic carbocycles. The zero-order chi connectivity index (χ0) is 15.5. The van der Waals surface area contributed by atoms with E-state index >= 15 is 0 Å². The predicted octanol–water partition coefficient (Wildman–Crippen LogP) is 2.75. The first-order chi connectivity index (χ1) is 10.6. The highest BCUT2D eigenvalue weighted by molar-refractivity contribution is 7.09. The molecule has 0 saturated carbocycles. The number of hydrogen-bond acceptors (Lipinski definition) is 4. The fraction of sp³-hybridized carbons (Fsp3) is 0.562. The van der Waals surface area contributed by atoms with E-state index < -0.39 is 0 Å². The Hall–Kier alpha value is -1.69. The first-order valence-electron chi connectivity index (χ1n) is 7.83. The third-order valence-electron chi connectivity index (χ3n) is 4.17. The average Bonchev–Trinajstić information content (AvgIpc) is 3.14. The minimum atomic E-state index is 0.257. The Morgan fingerprint density at radius 3 is 3.00 bits per heavy atom. The average molecular weight is 318 g/mol. The van der Waals surface area contributed by atoms with Crippen molar-refractivity contribution in [2.24, 2.45) is 0 Å². The molecular weight excluding hydrogens is 296 g/mol. The molecule has 1 aliphatic rings. The number of hydrogen-bond donors (Lipinski definition) is 0. The molecule has 2 aromatic rings. The lowest BCUT2D eigenvalue weighted by Crippen LogP contribution is -2.41. The van der Waals surface area contributed by atoms with Crippen molar-refractivity contribution in [2.45, 2.75) is 45.6 Å². The van der Waals surface area contributed by atoms with Gasteiger partial charge in [-0.05, 0) is 44.6 Å². The Labute approximate surface area is 135 Å². The van der Waals surface area contributed by atoms with Gasteiger partial charge in [-0.25, -0.2) is 9.67 Å². The van der Waals surface area contributed by atoms with Gasteiger partial charge < -0.3 is 4.90 Å². The van der Waals surface area contributed by atoms with Gasteiger partial charge in [0.05, 0.1) is 6.04 Å². The molecule has 6 heteroatoms. The lowest BCUT2D eigenvalue weighted by Gasteiger charge is -2.33. The molecule has 1 unspecified atom stereocenters. The standard InChI is InChI=1S/C16H22N4OS/c1-12-17-13(2)20(18-12)14-5-3-9-19(11-14)16(21)8-7-15-6-4-10-22-15/h4,6,10,14H,3,5,7-9,11H2,1-2H3. The largest absolute Gasteiger partial charge is 0.341 e. The summed E-state index contributed by atoms with van der Waals surface area (Å²) in [5, 5.41) is 6.55. The molecule has 1 amide bonds. The molecule has 3 heterocycles. The van der Waals surface area contributed by atoms with Crippen molar-refractivity contribution in [1.82, 2.24) is 19.7 Å². The number of aryl methyl sites for hydroxylation is 3. The van der Waals surface area contributed by atoms with Gasteiger partial charge in [-0.1, -0.05) is 6.07 Å². The number of likely N-dealkylation sites (tertiary alicyclic amines) is 1. The van der Waals surface area contributed by atoms with Gasteiger partial charge in [-0.15, -0.1) is 11.3 Å². The van der Waals surface area contributed by atoms with Crippen LogP contribution in [0.25, 0.3) is 0 Å². The lowest BCUT2D eigenvalue weighted by molar-refractivity contribution is -0.132. The van der Waals surface area contributed by atoms with E-state index in [9.17, 15) is 4.79 Å². The van der Waals surface area contributed by atoms with Crippen LogP contribution in [0.5, 0.6) is 0 Å². The van der Waals surface area contributed by atoms with Gasteiger partial charge in [0.15, 0.2) is 0 Å². The van der Waals surface area contributed by atoms with Gasteiger partial charge in [-0.3, -0.25) is 4.79 Å².